The lowest BCUT2D eigenvalue weighted by Crippen LogP contribution is -2.31. The molecule has 21 heavy (non-hydrogen) atoms. The van der Waals surface area contributed by atoms with Gasteiger partial charge in [0.05, 0.1) is 5.69 Å². The van der Waals surface area contributed by atoms with Crippen LogP contribution in [0.15, 0.2) is 32.7 Å². The summed E-state index contributed by atoms with van der Waals surface area (Å²) in [5, 5.41) is 0. The van der Waals surface area contributed by atoms with Crippen molar-refractivity contribution in [2.24, 2.45) is 0 Å². The average Bonchev–Trinajstić information content (AvgIpc) is 2.30. The molecule has 1 heterocycles. The zero-order valence-electron chi connectivity index (χ0n) is 11.2. The monoisotopic (exact) mass is 313 g/mol. The molecule has 0 saturated heterocycles. The highest BCUT2D eigenvalue weighted by Gasteiger charge is 2.22. The van der Waals surface area contributed by atoms with Gasteiger partial charge in [-0.05, 0) is 37.6 Å². The molecule has 3 N–H and O–H groups in total. The lowest BCUT2D eigenvalue weighted by Gasteiger charge is -2.11. The van der Waals surface area contributed by atoms with Crippen LogP contribution in [0.5, 0.6) is 0 Å². The standard InChI is InChI=1S/C12H12FN3O4S/c1-6-5-8(13)3-4-9(6)16-21(19,20)10-7(2)14-12(18)15-11(10)17/h3-5,16H,1-2H3,(H2,14,15,17,18). The Morgan fingerprint density at radius 3 is 2.38 bits per heavy atom. The van der Waals surface area contributed by atoms with Crippen LogP contribution >= 0.6 is 0 Å². The molecule has 0 aliphatic carbocycles. The van der Waals surface area contributed by atoms with Gasteiger partial charge in [-0.2, -0.15) is 0 Å². The average molecular weight is 313 g/mol. The first-order valence-corrected chi connectivity index (χ1v) is 7.31. The van der Waals surface area contributed by atoms with E-state index in [1.54, 1.807) is 0 Å². The van der Waals surface area contributed by atoms with Gasteiger partial charge in [-0.1, -0.05) is 0 Å². The highest BCUT2D eigenvalue weighted by Crippen LogP contribution is 2.19. The van der Waals surface area contributed by atoms with E-state index < -0.39 is 32.0 Å². The molecule has 1 aromatic heterocycles. The van der Waals surface area contributed by atoms with Gasteiger partial charge in [0.15, 0.2) is 4.90 Å². The van der Waals surface area contributed by atoms with Crippen LogP contribution < -0.4 is 16.0 Å². The summed E-state index contributed by atoms with van der Waals surface area (Å²) >= 11 is 0. The van der Waals surface area contributed by atoms with E-state index in [9.17, 15) is 22.4 Å². The van der Waals surface area contributed by atoms with Crippen LogP contribution in [-0.2, 0) is 10.0 Å². The summed E-state index contributed by atoms with van der Waals surface area (Å²) in [6.07, 6.45) is 0. The van der Waals surface area contributed by atoms with Gasteiger partial charge in [-0.25, -0.2) is 17.6 Å². The summed E-state index contributed by atoms with van der Waals surface area (Å²) in [4.78, 5) is 26.2. The molecule has 0 aliphatic rings. The smallest absolute Gasteiger partial charge is 0.310 e. The molecule has 0 atom stereocenters. The van der Waals surface area contributed by atoms with E-state index in [1.807, 2.05) is 4.98 Å². The van der Waals surface area contributed by atoms with Crippen molar-refractivity contribution in [3.8, 4) is 0 Å². The molecule has 0 aliphatic heterocycles. The molecule has 0 bridgehead atoms. The Balaban J connectivity index is 2.54. The molecule has 0 spiro atoms. The number of H-pyrrole nitrogens is 2. The first-order valence-electron chi connectivity index (χ1n) is 5.83. The number of aromatic amines is 2. The molecular weight excluding hydrogens is 301 g/mol. The predicted molar refractivity (Wildman–Crippen MR) is 74.4 cm³/mol. The molecule has 0 fully saturated rings. The maximum absolute atomic E-state index is 13.0. The molecule has 7 nitrogen and oxygen atoms in total. The minimum Gasteiger partial charge on any atom is -0.310 e. The van der Waals surface area contributed by atoms with E-state index in [-0.39, 0.29) is 11.4 Å². The van der Waals surface area contributed by atoms with E-state index in [0.717, 1.165) is 12.1 Å². The van der Waals surface area contributed by atoms with Crippen LogP contribution in [0.2, 0.25) is 0 Å². The largest absolute Gasteiger partial charge is 0.325 e. The van der Waals surface area contributed by atoms with Gasteiger partial charge in [0.1, 0.15) is 5.82 Å². The van der Waals surface area contributed by atoms with Gasteiger partial charge in [-0.3, -0.25) is 14.5 Å². The van der Waals surface area contributed by atoms with Gasteiger partial charge in [0.25, 0.3) is 15.6 Å². The molecule has 112 valence electrons. The third-order valence-corrected chi connectivity index (χ3v) is 4.29. The summed E-state index contributed by atoms with van der Waals surface area (Å²) in [6, 6.07) is 3.49. The number of nitrogens with one attached hydrogen (secondary N) is 3. The van der Waals surface area contributed by atoms with E-state index in [4.69, 9.17) is 0 Å². The predicted octanol–water partition coefficient (Wildman–Crippen LogP) is 0.620. The number of anilines is 1. The van der Waals surface area contributed by atoms with Gasteiger partial charge >= 0.3 is 5.69 Å². The Bertz CT molecular complexity index is 915. The van der Waals surface area contributed by atoms with E-state index in [0.29, 0.717) is 5.56 Å². The van der Waals surface area contributed by atoms with Gasteiger partial charge < -0.3 is 4.98 Å². The minimum absolute atomic E-state index is 0.0870. The maximum Gasteiger partial charge on any atom is 0.325 e. The fourth-order valence-electron chi connectivity index (χ4n) is 1.85. The first kappa shape index (κ1) is 15.0. The molecular formula is C12H12FN3O4S. The molecule has 2 rings (SSSR count). The Hall–Kier alpha value is -2.42. The quantitative estimate of drug-likeness (QED) is 0.771. The molecule has 0 radical (unpaired) electrons. The number of hydrogen-bond donors (Lipinski definition) is 3. The second kappa shape index (κ2) is 5.17. The van der Waals surface area contributed by atoms with Gasteiger partial charge in [-0.15, -0.1) is 0 Å². The number of sulfonamides is 1. The molecule has 0 amide bonds. The van der Waals surface area contributed by atoms with Crippen molar-refractivity contribution < 1.29 is 12.8 Å². The fourth-order valence-corrected chi connectivity index (χ4v) is 3.22. The van der Waals surface area contributed by atoms with Crippen LogP contribution in [0.1, 0.15) is 11.3 Å². The third kappa shape index (κ3) is 3.02. The lowest BCUT2D eigenvalue weighted by atomic mass is 10.2. The van der Waals surface area contributed by atoms with E-state index in [2.05, 4.69) is 9.71 Å². The number of benzene rings is 1. The van der Waals surface area contributed by atoms with Crippen LogP contribution in [0, 0.1) is 19.7 Å². The number of halogens is 1. The topological polar surface area (TPSA) is 112 Å². The normalized spacial score (nSPS) is 11.4. The number of rotatable bonds is 3. The second-order valence-electron chi connectivity index (χ2n) is 4.43. The van der Waals surface area contributed by atoms with Gasteiger partial charge in [0, 0.05) is 5.69 Å². The minimum atomic E-state index is -4.21. The summed E-state index contributed by atoms with van der Waals surface area (Å²) in [5.74, 6) is -0.506. The highest BCUT2D eigenvalue weighted by molar-refractivity contribution is 7.92. The summed E-state index contributed by atoms with van der Waals surface area (Å²) in [7, 11) is -4.21. The van der Waals surface area contributed by atoms with Crippen LogP contribution in [0.4, 0.5) is 10.1 Å². The van der Waals surface area contributed by atoms with Crippen molar-refractivity contribution >= 4 is 15.7 Å². The Morgan fingerprint density at radius 2 is 1.81 bits per heavy atom. The van der Waals surface area contributed by atoms with Crippen LogP contribution in [0.3, 0.4) is 0 Å². The van der Waals surface area contributed by atoms with E-state index >= 15 is 0 Å². The summed E-state index contributed by atoms with van der Waals surface area (Å²) in [5.41, 5.74) is -1.41. The zero-order valence-corrected chi connectivity index (χ0v) is 12.0. The summed E-state index contributed by atoms with van der Waals surface area (Å²) in [6.45, 7) is 2.81. The molecule has 0 saturated carbocycles. The van der Waals surface area contributed by atoms with Crippen molar-refractivity contribution in [2.75, 3.05) is 4.72 Å². The molecule has 2 aromatic rings. The third-order valence-electron chi connectivity index (χ3n) is 2.78. The summed E-state index contributed by atoms with van der Waals surface area (Å²) < 4.78 is 39.7. The van der Waals surface area contributed by atoms with Crippen molar-refractivity contribution in [3.63, 3.8) is 0 Å². The number of aromatic nitrogens is 2. The fraction of sp³-hybridized carbons (Fsp3) is 0.167. The molecule has 0 unspecified atom stereocenters. The van der Waals surface area contributed by atoms with E-state index in [1.165, 1.54) is 19.9 Å². The SMILES string of the molecule is Cc1cc(F)ccc1NS(=O)(=O)c1c(C)[nH]c(=O)[nH]c1=O. The van der Waals surface area contributed by atoms with Gasteiger partial charge in [0.2, 0.25) is 0 Å². The van der Waals surface area contributed by atoms with Crippen molar-refractivity contribution in [2.45, 2.75) is 18.7 Å². The first-order chi connectivity index (χ1) is 9.70. The Labute approximate surface area is 118 Å². The van der Waals surface area contributed by atoms with Crippen LogP contribution in [0.25, 0.3) is 0 Å². The number of aryl methyl sites for hydroxylation is 2. The zero-order chi connectivity index (χ0) is 15.8. The van der Waals surface area contributed by atoms with Crippen molar-refractivity contribution in [3.05, 3.63) is 56.1 Å². The Morgan fingerprint density at radius 1 is 1.14 bits per heavy atom. The lowest BCUT2D eigenvalue weighted by molar-refractivity contribution is 0.597. The maximum atomic E-state index is 13.0. The Kier molecular flexibility index (Phi) is 3.69. The highest BCUT2D eigenvalue weighted by atomic mass is 32.2. The number of hydrogen-bond acceptors (Lipinski definition) is 4. The molecule has 9 heteroatoms. The van der Waals surface area contributed by atoms with Crippen molar-refractivity contribution in [1.82, 2.24) is 9.97 Å². The second-order valence-corrected chi connectivity index (χ2v) is 6.05. The van der Waals surface area contributed by atoms with Crippen LogP contribution in [-0.4, -0.2) is 18.4 Å². The molecule has 1 aromatic carbocycles. The van der Waals surface area contributed by atoms with Crippen molar-refractivity contribution in [1.29, 1.82) is 0 Å².